The van der Waals surface area contributed by atoms with Gasteiger partial charge in [0.1, 0.15) is 0 Å². The molecule has 5 heteroatoms. The highest BCUT2D eigenvalue weighted by molar-refractivity contribution is 9.10. The number of carbonyl (C=O) groups is 1. The highest BCUT2D eigenvalue weighted by Crippen LogP contribution is 2.16. The molecular weight excluding hydrogens is 311 g/mol. The SMILES string of the molecule is CC(NC(=O)c1ccc(F)nc1)c1ccc(Br)cc1. The first-order valence-electron chi connectivity index (χ1n) is 5.74. The van der Waals surface area contributed by atoms with Crippen LogP contribution in [0.1, 0.15) is 28.9 Å². The summed E-state index contributed by atoms with van der Waals surface area (Å²) in [5.74, 6) is -0.875. The second-order valence-electron chi connectivity index (χ2n) is 4.12. The zero-order valence-corrected chi connectivity index (χ0v) is 11.8. The summed E-state index contributed by atoms with van der Waals surface area (Å²) in [7, 11) is 0. The van der Waals surface area contributed by atoms with Gasteiger partial charge in [-0.1, -0.05) is 28.1 Å². The Hall–Kier alpha value is -1.75. The Labute approximate surface area is 119 Å². The van der Waals surface area contributed by atoms with Crippen LogP contribution in [0, 0.1) is 5.95 Å². The van der Waals surface area contributed by atoms with Crippen LogP contribution >= 0.6 is 15.9 Å². The lowest BCUT2D eigenvalue weighted by molar-refractivity contribution is 0.0939. The number of benzene rings is 1. The molecule has 0 saturated carbocycles. The number of nitrogens with one attached hydrogen (secondary N) is 1. The topological polar surface area (TPSA) is 42.0 Å². The Balaban J connectivity index is 2.06. The lowest BCUT2D eigenvalue weighted by atomic mass is 10.1. The van der Waals surface area contributed by atoms with Crippen molar-refractivity contribution in [2.45, 2.75) is 13.0 Å². The van der Waals surface area contributed by atoms with Crippen LogP contribution in [0.25, 0.3) is 0 Å². The fraction of sp³-hybridized carbons (Fsp3) is 0.143. The van der Waals surface area contributed by atoms with Gasteiger partial charge in [-0.2, -0.15) is 4.39 Å². The molecule has 0 radical (unpaired) electrons. The van der Waals surface area contributed by atoms with E-state index in [2.05, 4.69) is 26.2 Å². The normalized spacial score (nSPS) is 11.9. The van der Waals surface area contributed by atoms with Gasteiger partial charge in [0.15, 0.2) is 0 Å². The van der Waals surface area contributed by atoms with E-state index in [1.54, 1.807) is 0 Å². The molecule has 0 saturated heterocycles. The van der Waals surface area contributed by atoms with E-state index in [4.69, 9.17) is 0 Å². The maximum absolute atomic E-state index is 12.7. The molecule has 1 heterocycles. The molecule has 0 aliphatic rings. The molecule has 0 aliphatic carbocycles. The van der Waals surface area contributed by atoms with Crippen LogP contribution in [-0.2, 0) is 0 Å². The summed E-state index contributed by atoms with van der Waals surface area (Å²) < 4.78 is 13.7. The summed E-state index contributed by atoms with van der Waals surface area (Å²) in [6.45, 7) is 1.89. The summed E-state index contributed by atoms with van der Waals surface area (Å²) in [5, 5.41) is 2.83. The Morgan fingerprint density at radius 1 is 1.26 bits per heavy atom. The highest BCUT2D eigenvalue weighted by atomic mass is 79.9. The van der Waals surface area contributed by atoms with Crippen LogP contribution in [-0.4, -0.2) is 10.9 Å². The molecule has 0 spiro atoms. The summed E-state index contributed by atoms with van der Waals surface area (Å²) in [6.07, 6.45) is 1.22. The third-order valence-electron chi connectivity index (χ3n) is 2.71. The maximum atomic E-state index is 12.7. The minimum atomic E-state index is -0.600. The van der Waals surface area contributed by atoms with Gasteiger partial charge < -0.3 is 5.32 Å². The monoisotopic (exact) mass is 322 g/mol. The molecule has 2 rings (SSSR count). The zero-order chi connectivity index (χ0) is 13.8. The van der Waals surface area contributed by atoms with Crippen molar-refractivity contribution in [3.05, 3.63) is 64.1 Å². The minimum Gasteiger partial charge on any atom is -0.345 e. The van der Waals surface area contributed by atoms with Crippen molar-refractivity contribution in [2.24, 2.45) is 0 Å². The number of hydrogen-bond acceptors (Lipinski definition) is 2. The van der Waals surface area contributed by atoms with E-state index in [9.17, 15) is 9.18 Å². The molecule has 0 fully saturated rings. The molecule has 0 aliphatic heterocycles. The Bertz CT molecular complexity index is 569. The minimum absolute atomic E-state index is 0.134. The van der Waals surface area contributed by atoms with Crippen LogP contribution in [0.4, 0.5) is 4.39 Å². The molecule has 1 aromatic carbocycles. The van der Waals surface area contributed by atoms with E-state index >= 15 is 0 Å². The van der Waals surface area contributed by atoms with Crippen molar-refractivity contribution in [1.29, 1.82) is 0 Å². The van der Waals surface area contributed by atoms with Crippen molar-refractivity contribution in [3.63, 3.8) is 0 Å². The fourth-order valence-corrected chi connectivity index (χ4v) is 1.89. The molecule has 1 aromatic heterocycles. The van der Waals surface area contributed by atoms with E-state index in [0.717, 1.165) is 10.0 Å². The van der Waals surface area contributed by atoms with Crippen molar-refractivity contribution < 1.29 is 9.18 Å². The molecule has 0 bridgehead atoms. The summed E-state index contributed by atoms with van der Waals surface area (Å²) >= 11 is 3.36. The molecular formula is C14H12BrFN2O. The van der Waals surface area contributed by atoms with Gasteiger partial charge in [0.25, 0.3) is 5.91 Å². The fourth-order valence-electron chi connectivity index (χ4n) is 1.62. The summed E-state index contributed by atoms with van der Waals surface area (Å²) in [4.78, 5) is 15.4. The number of halogens is 2. The predicted molar refractivity (Wildman–Crippen MR) is 74.2 cm³/mol. The number of aromatic nitrogens is 1. The van der Waals surface area contributed by atoms with E-state index < -0.39 is 5.95 Å². The standard InChI is InChI=1S/C14H12BrFN2O/c1-9(10-2-5-12(15)6-3-10)18-14(19)11-4-7-13(16)17-8-11/h2-9H,1H3,(H,18,19). The third-order valence-corrected chi connectivity index (χ3v) is 3.24. The quantitative estimate of drug-likeness (QED) is 0.879. The number of pyridine rings is 1. The van der Waals surface area contributed by atoms with Gasteiger partial charge in [0, 0.05) is 10.7 Å². The first-order chi connectivity index (χ1) is 9.06. The van der Waals surface area contributed by atoms with Crippen LogP contribution < -0.4 is 5.32 Å². The van der Waals surface area contributed by atoms with Gasteiger partial charge >= 0.3 is 0 Å². The van der Waals surface area contributed by atoms with Crippen LogP contribution in [0.15, 0.2) is 47.1 Å². The largest absolute Gasteiger partial charge is 0.345 e. The Morgan fingerprint density at radius 3 is 2.53 bits per heavy atom. The van der Waals surface area contributed by atoms with Crippen molar-refractivity contribution in [1.82, 2.24) is 10.3 Å². The molecule has 1 amide bonds. The third kappa shape index (κ3) is 3.61. The maximum Gasteiger partial charge on any atom is 0.253 e. The molecule has 1 unspecified atom stereocenters. The average molecular weight is 323 g/mol. The number of hydrogen-bond donors (Lipinski definition) is 1. The van der Waals surface area contributed by atoms with Gasteiger partial charge in [0.2, 0.25) is 5.95 Å². The number of nitrogens with zero attached hydrogens (tertiary/aromatic N) is 1. The second-order valence-corrected chi connectivity index (χ2v) is 5.03. The van der Waals surface area contributed by atoms with Gasteiger partial charge in [-0.25, -0.2) is 4.98 Å². The van der Waals surface area contributed by atoms with E-state index in [1.807, 2.05) is 31.2 Å². The van der Waals surface area contributed by atoms with Gasteiger partial charge in [-0.15, -0.1) is 0 Å². The first-order valence-corrected chi connectivity index (χ1v) is 6.53. The Kier molecular flexibility index (Phi) is 4.27. The van der Waals surface area contributed by atoms with Gasteiger partial charge in [0.05, 0.1) is 11.6 Å². The molecule has 2 aromatic rings. The van der Waals surface area contributed by atoms with Gasteiger partial charge in [-0.3, -0.25) is 4.79 Å². The van der Waals surface area contributed by atoms with Crippen LogP contribution in [0.3, 0.4) is 0 Å². The zero-order valence-electron chi connectivity index (χ0n) is 10.2. The van der Waals surface area contributed by atoms with Crippen molar-refractivity contribution in [2.75, 3.05) is 0 Å². The number of carbonyl (C=O) groups excluding carboxylic acids is 1. The lowest BCUT2D eigenvalue weighted by Gasteiger charge is -2.14. The Morgan fingerprint density at radius 2 is 1.95 bits per heavy atom. The predicted octanol–water partition coefficient (Wildman–Crippen LogP) is 3.47. The molecule has 98 valence electrons. The van der Waals surface area contributed by atoms with E-state index in [-0.39, 0.29) is 11.9 Å². The van der Waals surface area contributed by atoms with E-state index in [1.165, 1.54) is 18.3 Å². The molecule has 1 N–H and O–H groups in total. The summed E-state index contributed by atoms with van der Waals surface area (Å²) in [6, 6.07) is 10.1. The molecule has 19 heavy (non-hydrogen) atoms. The second kappa shape index (κ2) is 5.93. The average Bonchev–Trinajstić information content (AvgIpc) is 2.40. The molecule has 1 atom stereocenters. The highest BCUT2D eigenvalue weighted by Gasteiger charge is 2.11. The van der Waals surface area contributed by atoms with Crippen molar-refractivity contribution >= 4 is 21.8 Å². The van der Waals surface area contributed by atoms with Crippen molar-refractivity contribution in [3.8, 4) is 0 Å². The smallest absolute Gasteiger partial charge is 0.253 e. The number of rotatable bonds is 3. The molecule has 3 nitrogen and oxygen atoms in total. The van der Waals surface area contributed by atoms with Gasteiger partial charge in [-0.05, 0) is 36.8 Å². The number of amides is 1. The van der Waals surface area contributed by atoms with Crippen LogP contribution in [0.2, 0.25) is 0 Å². The van der Waals surface area contributed by atoms with E-state index in [0.29, 0.717) is 5.56 Å². The lowest BCUT2D eigenvalue weighted by Crippen LogP contribution is -2.26. The summed E-state index contributed by atoms with van der Waals surface area (Å²) in [5.41, 5.74) is 1.33. The first kappa shape index (κ1) is 13.7. The van der Waals surface area contributed by atoms with Crippen LogP contribution in [0.5, 0.6) is 0 Å².